The molecular formula is C26H24N4O2S. The van der Waals surface area contributed by atoms with E-state index in [4.69, 9.17) is 5.26 Å². The van der Waals surface area contributed by atoms with E-state index in [1.807, 2.05) is 36.9 Å². The number of nitrogens with zero attached hydrogens (tertiary/aromatic N) is 3. The van der Waals surface area contributed by atoms with Gasteiger partial charge in [-0.1, -0.05) is 29.8 Å². The number of carbonyl (C=O) groups is 2. The van der Waals surface area contributed by atoms with Crippen LogP contribution in [0.5, 0.6) is 0 Å². The second-order valence-electron chi connectivity index (χ2n) is 8.86. The molecule has 2 aromatic carbocycles. The first-order valence-electron chi connectivity index (χ1n) is 11.1. The SMILES string of the molecule is Cc1cccc(-c2sc(C)nc2C(=O)N2C[C@@H]3CC3[C@H]2CNC(=O)c2ccc(C#N)cc2)c1. The third kappa shape index (κ3) is 4.14. The summed E-state index contributed by atoms with van der Waals surface area (Å²) in [6, 6.07) is 16.7. The molecule has 1 unspecified atom stereocenters. The average molecular weight is 457 g/mol. The standard InChI is InChI=1S/C26H24N4O2S/c1-15-4-3-5-19(10-15)24-23(29-16(2)33-24)26(32)30-14-20-11-21(20)22(30)13-28-25(31)18-8-6-17(12-27)7-9-18/h3-10,20-22H,11,13-14H2,1-2H3,(H,28,31)/t20-,21?,22+/m0/s1. The number of hydrogen-bond donors (Lipinski definition) is 1. The molecule has 2 fully saturated rings. The lowest BCUT2D eigenvalue weighted by Crippen LogP contribution is -2.45. The third-order valence-corrected chi connectivity index (χ3v) is 7.55. The van der Waals surface area contributed by atoms with Gasteiger partial charge in [0.15, 0.2) is 0 Å². The Labute approximate surface area is 196 Å². The molecule has 2 amide bonds. The minimum Gasteiger partial charge on any atom is -0.350 e. The summed E-state index contributed by atoms with van der Waals surface area (Å²) in [6.45, 7) is 5.09. The maximum absolute atomic E-state index is 13.6. The number of nitrogens with one attached hydrogen (secondary N) is 1. The number of fused-ring (bicyclic) bond motifs is 1. The predicted octanol–water partition coefficient (Wildman–Crippen LogP) is 4.19. The number of benzene rings is 2. The molecule has 0 spiro atoms. The molecule has 6 nitrogen and oxygen atoms in total. The Morgan fingerprint density at radius 2 is 2.00 bits per heavy atom. The van der Waals surface area contributed by atoms with E-state index in [-0.39, 0.29) is 17.9 Å². The van der Waals surface area contributed by atoms with Crippen molar-refractivity contribution >= 4 is 23.2 Å². The van der Waals surface area contributed by atoms with E-state index >= 15 is 0 Å². The van der Waals surface area contributed by atoms with Crippen LogP contribution in [0.4, 0.5) is 0 Å². The van der Waals surface area contributed by atoms with Crippen LogP contribution < -0.4 is 5.32 Å². The number of piperidine rings is 1. The van der Waals surface area contributed by atoms with E-state index in [1.165, 1.54) is 0 Å². The summed E-state index contributed by atoms with van der Waals surface area (Å²) in [6.07, 6.45) is 1.10. The van der Waals surface area contributed by atoms with Crippen LogP contribution >= 0.6 is 11.3 Å². The summed E-state index contributed by atoms with van der Waals surface area (Å²) in [5.41, 5.74) is 3.69. The van der Waals surface area contributed by atoms with Crippen LogP contribution in [0.3, 0.4) is 0 Å². The smallest absolute Gasteiger partial charge is 0.274 e. The van der Waals surface area contributed by atoms with Crippen LogP contribution in [0, 0.1) is 37.0 Å². The monoisotopic (exact) mass is 456 g/mol. The van der Waals surface area contributed by atoms with Crippen LogP contribution in [0.15, 0.2) is 48.5 Å². The largest absolute Gasteiger partial charge is 0.350 e. The molecule has 0 bridgehead atoms. The van der Waals surface area contributed by atoms with Crippen molar-refractivity contribution in [2.24, 2.45) is 11.8 Å². The number of aromatic nitrogens is 1. The molecule has 1 aromatic heterocycles. The van der Waals surface area contributed by atoms with Crippen molar-refractivity contribution in [2.75, 3.05) is 13.1 Å². The fourth-order valence-corrected chi connectivity index (χ4v) is 5.66. The van der Waals surface area contributed by atoms with E-state index in [9.17, 15) is 9.59 Å². The number of thiazole rings is 1. The maximum Gasteiger partial charge on any atom is 0.274 e. The van der Waals surface area contributed by atoms with E-state index in [1.54, 1.807) is 35.6 Å². The highest BCUT2D eigenvalue weighted by atomic mass is 32.1. The Balaban J connectivity index is 1.34. The van der Waals surface area contributed by atoms with Gasteiger partial charge in [-0.3, -0.25) is 9.59 Å². The van der Waals surface area contributed by atoms with E-state index in [0.29, 0.717) is 41.7 Å². The minimum atomic E-state index is -0.194. The van der Waals surface area contributed by atoms with Gasteiger partial charge in [0.05, 0.1) is 27.6 Å². The Bertz CT molecular complexity index is 1270. The fraction of sp³-hybridized carbons (Fsp3) is 0.308. The molecular weight excluding hydrogens is 432 g/mol. The Morgan fingerprint density at radius 3 is 2.73 bits per heavy atom. The highest BCUT2D eigenvalue weighted by Gasteiger charge is 2.54. The zero-order valence-electron chi connectivity index (χ0n) is 18.5. The second kappa shape index (κ2) is 8.45. The molecule has 0 radical (unpaired) electrons. The van der Waals surface area contributed by atoms with Gasteiger partial charge in [-0.15, -0.1) is 11.3 Å². The molecule has 166 valence electrons. The summed E-state index contributed by atoms with van der Waals surface area (Å²) in [7, 11) is 0. The summed E-state index contributed by atoms with van der Waals surface area (Å²) in [4.78, 5) is 33.7. The van der Waals surface area contributed by atoms with Crippen LogP contribution in [0.25, 0.3) is 10.4 Å². The number of hydrogen-bond acceptors (Lipinski definition) is 5. The zero-order chi connectivity index (χ0) is 23.1. The number of likely N-dealkylation sites (tertiary alicyclic amines) is 1. The lowest BCUT2D eigenvalue weighted by molar-refractivity contribution is 0.0690. The number of carbonyl (C=O) groups excluding carboxylic acids is 2. The molecule has 1 saturated carbocycles. The van der Waals surface area contributed by atoms with Gasteiger partial charge in [0, 0.05) is 18.7 Å². The topological polar surface area (TPSA) is 86.1 Å². The van der Waals surface area contributed by atoms with Crippen LogP contribution in [-0.4, -0.2) is 40.8 Å². The van der Waals surface area contributed by atoms with Crippen LogP contribution in [-0.2, 0) is 0 Å². The average Bonchev–Trinajstić information content (AvgIpc) is 3.33. The quantitative estimate of drug-likeness (QED) is 0.624. The summed E-state index contributed by atoms with van der Waals surface area (Å²) < 4.78 is 0. The lowest BCUT2D eigenvalue weighted by Gasteiger charge is -2.27. The molecule has 3 aromatic rings. The van der Waals surface area contributed by atoms with Crippen molar-refractivity contribution in [1.82, 2.24) is 15.2 Å². The highest BCUT2D eigenvalue weighted by Crippen LogP contribution is 2.50. The molecule has 2 heterocycles. The Kier molecular flexibility index (Phi) is 5.47. The Morgan fingerprint density at radius 1 is 1.21 bits per heavy atom. The van der Waals surface area contributed by atoms with Gasteiger partial charge in [0.2, 0.25) is 0 Å². The van der Waals surface area contributed by atoms with Crippen molar-refractivity contribution in [3.05, 3.63) is 75.9 Å². The van der Waals surface area contributed by atoms with Gasteiger partial charge in [0.1, 0.15) is 5.69 Å². The summed E-state index contributed by atoms with van der Waals surface area (Å²) in [5.74, 6) is 0.687. The molecule has 5 rings (SSSR count). The van der Waals surface area contributed by atoms with E-state index in [2.05, 4.69) is 22.4 Å². The van der Waals surface area contributed by atoms with Crippen molar-refractivity contribution in [2.45, 2.75) is 26.3 Å². The zero-order valence-corrected chi connectivity index (χ0v) is 19.4. The number of amides is 2. The maximum atomic E-state index is 13.6. The minimum absolute atomic E-state index is 0.0304. The van der Waals surface area contributed by atoms with Crippen molar-refractivity contribution in [3.8, 4) is 16.5 Å². The molecule has 1 N–H and O–H groups in total. The van der Waals surface area contributed by atoms with E-state index < -0.39 is 0 Å². The van der Waals surface area contributed by atoms with Gasteiger partial charge in [-0.05, 0) is 61.9 Å². The number of aryl methyl sites for hydroxylation is 2. The first kappa shape index (κ1) is 21.4. The molecule has 1 aliphatic heterocycles. The van der Waals surface area contributed by atoms with Crippen LogP contribution in [0.2, 0.25) is 0 Å². The van der Waals surface area contributed by atoms with E-state index in [0.717, 1.165) is 27.4 Å². The first-order valence-corrected chi connectivity index (χ1v) is 11.9. The number of nitriles is 1. The lowest BCUT2D eigenvalue weighted by atomic mass is 10.1. The van der Waals surface area contributed by atoms with Crippen molar-refractivity contribution < 1.29 is 9.59 Å². The third-order valence-electron chi connectivity index (χ3n) is 6.53. The first-order chi connectivity index (χ1) is 15.9. The fourth-order valence-electron chi connectivity index (χ4n) is 4.75. The second-order valence-corrected chi connectivity index (χ2v) is 10.1. The number of rotatable bonds is 5. The molecule has 1 aliphatic carbocycles. The van der Waals surface area contributed by atoms with Crippen LogP contribution in [0.1, 0.15) is 43.4 Å². The van der Waals surface area contributed by atoms with Gasteiger partial charge in [-0.2, -0.15) is 5.26 Å². The molecule has 7 heteroatoms. The predicted molar refractivity (Wildman–Crippen MR) is 127 cm³/mol. The van der Waals surface area contributed by atoms with Gasteiger partial charge in [-0.25, -0.2) is 4.98 Å². The van der Waals surface area contributed by atoms with Crippen molar-refractivity contribution in [3.63, 3.8) is 0 Å². The van der Waals surface area contributed by atoms with Crippen molar-refractivity contribution in [1.29, 1.82) is 5.26 Å². The molecule has 33 heavy (non-hydrogen) atoms. The molecule has 3 atom stereocenters. The highest BCUT2D eigenvalue weighted by molar-refractivity contribution is 7.15. The normalized spacial score (nSPS) is 20.8. The van der Waals surface area contributed by atoms with Gasteiger partial charge < -0.3 is 10.2 Å². The van der Waals surface area contributed by atoms with Gasteiger partial charge >= 0.3 is 0 Å². The molecule has 2 aliphatic rings. The summed E-state index contributed by atoms with van der Waals surface area (Å²) >= 11 is 1.54. The summed E-state index contributed by atoms with van der Waals surface area (Å²) in [5, 5.41) is 12.8. The molecule has 1 saturated heterocycles. The Hall–Kier alpha value is -3.50. The van der Waals surface area contributed by atoms with Gasteiger partial charge in [0.25, 0.3) is 11.8 Å².